The number of nitrogens with zero attached hydrogens (tertiary/aromatic N) is 1. The van der Waals surface area contributed by atoms with Gasteiger partial charge in [0, 0.05) is 22.2 Å². The van der Waals surface area contributed by atoms with E-state index in [0.29, 0.717) is 0 Å². The third kappa shape index (κ3) is 4.20. The molecule has 0 amide bonds. The number of thioether (sulfide) groups is 1. The minimum atomic E-state index is 0.740. The van der Waals surface area contributed by atoms with Crippen LogP contribution in [0.3, 0.4) is 0 Å². The Morgan fingerprint density at radius 2 is 2.38 bits per heavy atom. The third-order valence-electron chi connectivity index (χ3n) is 1.35. The van der Waals surface area contributed by atoms with Gasteiger partial charge in [0.2, 0.25) is 0 Å². The zero-order valence-electron chi connectivity index (χ0n) is 7.03. The van der Waals surface area contributed by atoms with Gasteiger partial charge in [-0.05, 0) is 28.1 Å². The Labute approximate surface area is 96.6 Å². The molecule has 1 rings (SSSR count). The minimum Gasteiger partial charge on any atom is -0.249 e. The Morgan fingerprint density at radius 3 is 2.92 bits per heavy atom. The molecule has 70 valence electrons. The van der Waals surface area contributed by atoms with Crippen molar-refractivity contribution in [1.82, 2.24) is 4.98 Å². The Hall–Kier alpha value is 0.0700. The smallest absolute Gasteiger partial charge is 0.0963 e. The van der Waals surface area contributed by atoms with Crippen LogP contribution in [0.1, 0.15) is 0 Å². The fourth-order valence-corrected chi connectivity index (χ4v) is 1.91. The molecular formula is C9H10BrNS2. The quantitative estimate of drug-likeness (QED) is 0.514. The predicted octanol–water partition coefficient (Wildman–Crippen LogP) is 3.42. The van der Waals surface area contributed by atoms with Gasteiger partial charge in [0.25, 0.3) is 0 Å². The molecule has 1 aromatic rings. The number of hydrogen-bond donors (Lipinski definition) is 1. The minimum absolute atomic E-state index is 0.740. The van der Waals surface area contributed by atoms with E-state index in [1.165, 1.54) is 0 Å². The van der Waals surface area contributed by atoms with E-state index >= 15 is 0 Å². The summed E-state index contributed by atoms with van der Waals surface area (Å²) in [6.07, 6.45) is 1.80. The van der Waals surface area contributed by atoms with Gasteiger partial charge in [0.05, 0.1) is 5.03 Å². The van der Waals surface area contributed by atoms with Crippen LogP contribution < -0.4 is 0 Å². The molecule has 0 radical (unpaired) electrons. The molecule has 1 nitrogen and oxygen atoms in total. The van der Waals surface area contributed by atoms with Gasteiger partial charge < -0.3 is 0 Å². The van der Waals surface area contributed by atoms with Crippen LogP contribution >= 0.6 is 40.3 Å². The van der Waals surface area contributed by atoms with Crippen LogP contribution in [0, 0.1) is 0 Å². The summed E-state index contributed by atoms with van der Waals surface area (Å²) >= 11 is 9.16. The van der Waals surface area contributed by atoms with Crippen molar-refractivity contribution >= 4 is 40.3 Å². The van der Waals surface area contributed by atoms with Gasteiger partial charge in [-0.1, -0.05) is 12.2 Å². The first kappa shape index (κ1) is 11.1. The molecule has 4 heteroatoms. The highest BCUT2D eigenvalue weighted by molar-refractivity contribution is 9.10. The largest absolute Gasteiger partial charge is 0.249 e. The maximum Gasteiger partial charge on any atom is 0.0963 e. The molecule has 0 saturated carbocycles. The Balaban J connectivity index is 2.46. The van der Waals surface area contributed by atoms with Gasteiger partial charge >= 0.3 is 0 Å². The average Bonchev–Trinajstić information content (AvgIpc) is 2.16. The Morgan fingerprint density at radius 1 is 1.62 bits per heavy atom. The second kappa shape index (κ2) is 5.73. The first-order valence-corrected chi connectivity index (χ1v) is 6.15. The van der Waals surface area contributed by atoms with Crippen molar-refractivity contribution in [3.63, 3.8) is 0 Å². The van der Waals surface area contributed by atoms with E-state index in [0.717, 1.165) is 26.6 Å². The molecule has 0 unspecified atom stereocenters. The second-order valence-electron chi connectivity index (χ2n) is 2.51. The van der Waals surface area contributed by atoms with Crippen LogP contribution in [0.2, 0.25) is 0 Å². The third-order valence-corrected chi connectivity index (χ3v) is 3.35. The van der Waals surface area contributed by atoms with Crippen molar-refractivity contribution in [2.45, 2.75) is 5.03 Å². The van der Waals surface area contributed by atoms with Crippen molar-refractivity contribution in [3.8, 4) is 0 Å². The second-order valence-corrected chi connectivity index (χ2v) is 4.74. The van der Waals surface area contributed by atoms with Gasteiger partial charge in [-0.2, -0.15) is 12.6 Å². The van der Waals surface area contributed by atoms with Crippen LogP contribution in [0.15, 0.2) is 40.0 Å². The topological polar surface area (TPSA) is 12.9 Å². The number of halogens is 1. The highest BCUT2D eigenvalue weighted by atomic mass is 79.9. The Kier molecular flexibility index (Phi) is 4.91. The first-order chi connectivity index (χ1) is 6.22. The number of pyridine rings is 1. The molecule has 0 spiro atoms. The lowest BCUT2D eigenvalue weighted by atomic mass is 10.4. The maximum absolute atomic E-state index is 4.23. The molecule has 1 aromatic heterocycles. The number of thiol groups is 1. The molecule has 0 atom stereocenters. The highest BCUT2D eigenvalue weighted by Gasteiger charge is 1.96. The number of rotatable bonds is 4. The summed E-state index contributed by atoms with van der Waals surface area (Å²) in [7, 11) is 0. The van der Waals surface area contributed by atoms with Crippen LogP contribution in [-0.4, -0.2) is 16.5 Å². The lowest BCUT2D eigenvalue weighted by molar-refractivity contribution is 1.12. The van der Waals surface area contributed by atoms with Crippen molar-refractivity contribution in [1.29, 1.82) is 0 Å². The van der Waals surface area contributed by atoms with Gasteiger partial charge in [-0.3, -0.25) is 0 Å². The maximum atomic E-state index is 4.23. The first-order valence-electron chi connectivity index (χ1n) is 3.74. The summed E-state index contributed by atoms with van der Waals surface area (Å²) in [5.41, 5.74) is 1.12. The Bertz CT molecular complexity index is 284. The van der Waals surface area contributed by atoms with Crippen molar-refractivity contribution in [2.24, 2.45) is 0 Å². The number of aromatic nitrogens is 1. The summed E-state index contributed by atoms with van der Waals surface area (Å²) in [6.45, 7) is 3.87. The molecular weight excluding hydrogens is 266 g/mol. The molecule has 0 aliphatic rings. The lowest BCUT2D eigenvalue weighted by Gasteiger charge is -2.01. The van der Waals surface area contributed by atoms with E-state index in [1.807, 2.05) is 12.1 Å². The predicted molar refractivity (Wildman–Crippen MR) is 65.7 cm³/mol. The summed E-state index contributed by atoms with van der Waals surface area (Å²) in [5, 5.41) is 1.02. The molecule has 0 aliphatic heterocycles. The monoisotopic (exact) mass is 275 g/mol. The van der Waals surface area contributed by atoms with E-state index in [2.05, 4.69) is 40.1 Å². The van der Waals surface area contributed by atoms with Crippen molar-refractivity contribution < 1.29 is 0 Å². The highest BCUT2D eigenvalue weighted by Crippen LogP contribution is 2.19. The van der Waals surface area contributed by atoms with Gasteiger partial charge in [0.15, 0.2) is 0 Å². The van der Waals surface area contributed by atoms with Crippen LogP contribution in [0.25, 0.3) is 0 Å². The van der Waals surface area contributed by atoms with Crippen LogP contribution in [0.4, 0.5) is 0 Å². The zero-order chi connectivity index (χ0) is 9.68. The van der Waals surface area contributed by atoms with Gasteiger partial charge in [0.1, 0.15) is 0 Å². The van der Waals surface area contributed by atoms with E-state index in [-0.39, 0.29) is 0 Å². The average molecular weight is 276 g/mol. The molecule has 0 N–H and O–H groups in total. The zero-order valence-corrected chi connectivity index (χ0v) is 10.3. The van der Waals surface area contributed by atoms with Gasteiger partial charge in [-0.25, -0.2) is 4.98 Å². The molecule has 1 heterocycles. The molecule has 0 saturated heterocycles. The molecule has 0 aliphatic carbocycles. The normalized spacial score (nSPS) is 10.0. The molecule has 0 bridgehead atoms. The van der Waals surface area contributed by atoms with Crippen LogP contribution in [-0.2, 0) is 0 Å². The van der Waals surface area contributed by atoms with E-state index in [9.17, 15) is 0 Å². The summed E-state index contributed by atoms with van der Waals surface area (Å²) in [6, 6.07) is 3.97. The summed E-state index contributed by atoms with van der Waals surface area (Å²) in [5.74, 6) is 1.63. The summed E-state index contributed by atoms with van der Waals surface area (Å²) < 4.78 is 1.00. The SMILES string of the molecule is C=C(CS)CSc1ccc(Br)cn1. The number of hydrogen-bond acceptors (Lipinski definition) is 3. The van der Waals surface area contributed by atoms with Gasteiger partial charge in [-0.15, -0.1) is 11.8 Å². The fourth-order valence-electron chi connectivity index (χ4n) is 0.669. The van der Waals surface area contributed by atoms with E-state index in [1.54, 1.807) is 18.0 Å². The van der Waals surface area contributed by atoms with Crippen LogP contribution in [0.5, 0.6) is 0 Å². The molecule has 0 fully saturated rings. The molecule has 13 heavy (non-hydrogen) atoms. The van der Waals surface area contributed by atoms with E-state index in [4.69, 9.17) is 0 Å². The van der Waals surface area contributed by atoms with Crippen molar-refractivity contribution in [2.75, 3.05) is 11.5 Å². The fraction of sp³-hybridized carbons (Fsp3) is 0.222. The van der Waals surface area contributed by atoms with Crippen molar-refractivity contribution in [3.05, 3.63) is 35.0 Å². The standard InChI is InChI=1S/C9H10BrNS2/c1-7(5-12)6-13-9-3-2-8(10)4-11-9/h2-4,12H,1,5-6H2. The lowest BCUT2D eigenvalue weighted by Crippen LogP contribution is -1.87. The van der Waals surface area contributed by atoms with E-state index < -0.39 is 0 Å². The molecule has 0 aromatic carbocycles. The summed E-state index contributed by atoms with van der Waals surface area (Å²) in [4.78, 5) is 4.23.